The third-order valence-corrected chi connectivity index (χ3v) is 4.63. The minimum Gasteiger partial charge on any atom is -0.316 e. The van der Waals surface area contributed by atoms with E-state index in [1.165, 1.54) is 10.5 Å². The molecule has 0 saturated carbocycles. The molecule has 0 saturated heterocycles. The van der Waals surface area contributed by atoms with Gasteiger partial charge >= 0.3 is 0 Å². The molecule has 3 heteroatoms. The van der Waals surface area contributed by atoms with Crippen LogP contribution in [0.4, 0.5) is 0 Å². The average Bonchev–Trinajstić information content (AvgIpc) is 2.44. The van der Waals surface area contributed by atoms with E-state index >= 15 is 0 Å². The standard InChI is InChI=1S/C16H18BrNS/c1-18-15(10-13-6-3-2-4-7-13)12-19-16-9-5-8-14(17)11-16/h2-9,11,15,18H,10,12H2,1H3. The SMILES string of the molecule is CNC(CSc1cccc(Br)c1)Cc1ccccc1. The van der Waals surface area contributed by atoms with E-state index in [9.17, 15) is 0 Å². The molecule has 0 bridgehead atoms. The molecule has 0 aromatic heterocycles. The highest BCUT2D eigenvalue weighted by molar-refractivity contribution is 9.10. The molecule has 1 nitrogen and oxygen atoms in total. The van der Waals surface area contributed by atoms with Crippen molar-refractivity contribution < 1.29 is 0 Å². The summed E-state index contributed by atoms with van der Waals surface area (Å²) in [6.45, 7) is 0. The van der Waals surface area contributed by atoms with Gasteiger partial charge in [-0.1, -0.05) is 52.3 Å². The van der Waals surface area contributed by atoms with Crippen LogP contribution in [0.2, 0.25) is 0 Å². The fraction of sp³-hybridized carbons (Fsp3) is 0.250. The van der Waals surface area contributed by atoms with E-state index in [4.69, 9.17) is 0 Å². The third-order valence-electron chi connectivity index (χ3n) is 2.98. The van der Waals surface area contributed by atoms with Crippen molar-refractivity contribution >= 4 is 27.7 Å². The van der Waals surface area contributed by atoms with Crippen molar-refractivity contribution in [1.29, 1.82) is 0 Å². The highest BCUT2D eigenvalue weighted by atomic mass is 79.9. The lowest BCUT2D eigenvalue weighted by molar-refractivity contribution is 0.617. The van der Waals surface area contributed by atoms with Crippen LogP contribution in [0.5, 0.6) is 0 Å². The molecule has 0 aliphatic rings. The zero-order valence-corrected chi connectivity index (χ0v) is 13.4. The number of likely N-dealkylation sites (N-methyl/N-ethyl adjacent to an activating group) is 1. The number of nitrogens with one attached hydrogen (secondary N) is 1. The number of rotatable bonds is 6. The van der Waals surface area contributed by atoms with Gasteiger partial charge in [0.15, 0.2) is 0 Å². The Morgan fingerprint density at radius 3 is 2.58 bits per heavy atom. The third kappa shape index (κ3) is 5.01. The lowest BCUT2D eigenvalue weighted by atomic mass is 10.1. The molecule has 0 fully saturated rings. The Balaban J connectivity index is 1.89. The minimum absolute atomic E-state index is 0.492. The Kier molecular flexibility index (Phi) is 5.95. The summed E-state index contributed by atoms with van der Waals surface area (Å²) in [4.78, 5) is 1.31. The molecule has 0 heterocycles. The minimum atomic E-state index is 0.492. The molecule has 100 valence electrons. The lowest BCUT2D eigenvalue weighted by Crippen LogP contribution is -2.29. The highest BCUT2D eigenvalue weighted by Crippen LogP contribution is 2.23. The Hall–Kier alpha value is -0.770. The van der Waals surface area contributed by atoms with Crippen molar-refractivity contribution in [2.45, 2.75) is 17.4 Å². The van der Waals surface area contributed by atoms with E-state index in [0.29, 0.717) is 6.04 Å². The van der Waals surface area contributed by atoms with Crippen LogP contribution in [0.25, 0.3) is 0 Å². The quantitative estimate of drug-likeness (QED) is 0.786. The average molecular weight is 336 g/mol. The molecule has 0 amide bonds. The molecular weight excluding hydrogens is 318 g/mol. The molecule has 19 heavy (non-hydrogen) atoms. The van der Waals surface area contributed by atoms with Gasteiger partial charge in [-0.25, -0.2) is 0 Å². The van der Waals surface area contributed by atoms with Gasteiger partial charge in [0.1, 0.15) is 0 Å². The fourth-order valence-electron chi connectivity index (χ4n) is 1.90. The van der Waals surface area contributed by atoms with Crippen molar-refractivity contribution in [2.75, 3.05) is 12.8 Å². The van der Waals surface area contributed by atoms with Gasteiger partial charge in [-0.05, 0) is 37.2 Å². The summed E-state index contributed by atoms with van der Waals surface area (Å²) in [6, 6.07) is 19.6. The first kappa shape index (κ1) is 14.6. The molecule has 1 N–H and O–H groups in total. The number of benzene rings is 2. The molecule has 1 atom stereocenters. The van der Waals surface area contributed by atoms with Crippen molar-refractivity contribution in [3.8, 4) is 0 Å². The maximum absolute atomic E-state index is 3.51. The predicted molar refractivity (Wildman–Crippen MR) is 87.9 cm³/mol. The van der Waals surface area contributed by atoms with E-state index < -0.39 is 0 Å². The van der Waals surface area contributed by atoms with Crippen LogP contribution in [0.1, 0.15) is 5.56 Å². The van der Waals surface area contributed by atoms with Crippen LogP contribution in [-0.4, -0.2) is 18.8 Å². The number of halogens is 1. The summed E-state index contributed by atoms with van der Waals surface area (Å²) in [5.74, 6) is 1.07. The van der Waals surface area contributed by atoms with E-state index in [2.05, 4.69) is 75.8 Å². The molecule has 2 aromatic rings. The van der Waals surface area contributed by atoms with E-state index in [-0.39, 0.29) is 0 Å². The van der Waals surface area contributed by atoms with Gasteiger partial charge in [0.25, 0.3) is 0 Å². The van der Waals surface area contributed by atoms with Gasteiger partial charge in [0.2, 0.25) is 0 Å². The van der Waals surface area contributed by atoms with Crippen LogP contribution in [-0.2, 0) is 6.42 Å². The van der Waals surface area contributed by atoms with Crippen LogP contribution in [0, 0.1) is 0 Å². The first-order chi connectivity index (χ1) is 9.28. The predicted octanol–water partition coefficient (Wildman–Crippen LogP) is 4.37. The van der Waals surface area contributed by atoms with E-state index in [1.54, 1.807) is 0 Å². The largest absolute Gasteiger partial charge is 0.316 e. The zero-order chi connectivity index (χ0) is 13.5. The Morgan fingerprint density at radius 1 is 1.11 bits per heavy atom. The first-order valence-corrected chi connectivity index (χ1v) is 8.15. The molecular formula is C16H18BrNS. The number of thioether (sulfide) groups is 1. The van der Waals surface area contributed by atoms with Gasteiger partial charge in [-0.15, -0.1) is 11.8 Å². The number of hydrogen-bond acceptors (Lipinski definition) is 2. The summed E-state index contributed by atoms with van der Waals surface area (Å²) in [7, 11) is 2.04. The maximum atomic E-state index is 3.51. The molecule has 0 aliphatic carbocycles. The molecule has 2 aromatic carbocycles. The fourth-order valence-corrected chi connectivity index (χ4v) is 3.51. The molecule has 1 unspecified atom stereocenters. The van der Waals surface area contributed by atoms with E-state index in [0.717, 1.165) is 16.6 Å². The zero-order valence-electron chi connectivity index (χ0n) is 11.0. The van der Waals surface area contributed by atoms with Crippen LogP contribution in [0.3, 0.4) is 0 Å². The summed E-state index contributed by atoms with van der Waals surface area (Å²) < 4.78 is 1.14. The number of hydrogen-bond donors (Lipinski definition) is 1. The molecule has 0 radical (unpaired) electrons. The molecule has 2 rings (SSSR count). The molecule has 0 spiro atoms. The first-order valence-electron chi connectivity index (χ1n) is 6.37. The Labute approximate surface area is 127 Å². The lowest BCUT2D eigenvalue weighted by Gasteiger charge is -2.16. The van der Waals surface area contributed by atoms with Gasteiger partial charge in [-0.2, -0.15) is 0 Å². The van der Waals surface area contributed by atoms with Crippen molar-refractivity contribution in [3.63, 3.8) is 0 Å². The normalized spacial score (nSPS) is 12.3. The van der Waals surface area contributed by atoms with Crippen molar-refractivity contribution in [2.24, 2.45) is 0 Å². The summed E-state index contributed by atoms with van der Waals surface area (Å²) in [6.07, 6.45) is 1.07. The smallest absolute Gasteiger partial charge is 0.0199 e. The van der Waals surface area contributed by atoms with Crippen LogP contribution < -0.4 is 5.32 Å². The second-order valence-corrected chi connectivity index (χ2v) is 6.45. The Morgan fingerprint density at radius 2 is 1.89 bits per heavy atom. The van der Waals surface area contributed by atoms with Gasteiger partial charge in [0, 0.05) is 21.2 Å². The summed E-state index contributed by atoms with van der Waals surface area (Å²) in [5.41, 5.74) is 1.39. The van der Waals surface area contributed by atoms with Crippen LogP contribution in [0.15, 0.2) is 64.0 Å². The van der Waals surface area contributed by atoms with Crippen molar-refractivity contribution in [3.05, 3.63) is 64.6 Å². The second-order valence-electron chi connectivity index (χ2n) is 4.44. The van der Waals surface area contributed by atoms with Gasteiger partial charge < -0.3 is 5.32 Å². The topological polar surface area (TPSA) is 12.0 Å². The highest BCUT2D eigenvalue weighted by Gasteiger charge is 2.08. The molecule has 0 aliphatic heterocycles. The van der Waals surface area contributed by atoms with Gasteiger partial charge in [0.05, 0.1) is 0 Å². The summed E-state index contributed by atoms with van der Waals surface area (Å²) in [5, 5.41) is 3.40. The maximum Gasteiger partial charge on any atom is 0.0199 e. The monoisotopic (exact) mass is 335 g/mol. The van der Waals surface area contributed by atoms with E-state index in [1.807, 2.05) is 18.8 Å². The van der Waals surface area contributed by atoms with Crippen LogP contribution >= 0.6 is 27.7 Å². The van der Waals surface area contributed by atoms with Gasteiger partial charge in [-0.3, -0.25) is 0 Å². The second kappa shape index (κ2) is 7.73. The summed E-state index contributed by atoms with van der Waals surface area (Å²) >= 11 is 5.41. The van der Waals surface area contributed by atoms with Crippen molar-refractivity contribution in [1.82, 2.24) is 5.32 Å². The Bertz CT molecular complexity index is 501.